The number of aryl methyl sites for hydroxylation is 1. The van der Waals surface area contributed by atoms with E-state index >= 15 is 0 Å². The zero-order valence-electron chi connectivity index (χ0n) is 14.8. The van der Waals surface area contributed by atoms with E-state index in [4.69, 9.17) is 18.9 Å². The molecule has 27 heavy (non-hydrogen) atoms. The molecule has 1 aliphatic rings. The van der Waals surface area contributed by atoms with Crippen LogP contribution in [0.4, 0.5) is 0 Å². The molecule has 0 N–H and O–H groups in total. The molecule has 0 aromatic heterocycles. The number of benzene rings is 3. The molecule has 0 amide bonds. The molecule has 134 valence electrons. The average Bonchev–Trinajstić information content (AvgIpc) is 3.14. The van der Waals surface area contributed by atoms with Crippen molar-refractivity contribution in [2.24, 2.45) is 0 Å². The molecule has 0 unspecified atom stereocenters. The summed E-state index contributed by atoms with van der Waals surface area (Å²) in [4.78, 5) is 0. The van der Waals surface area contributed by atoms with Gasteiger partial charge in [-0.1, -0.05) is 18.2 Å². The summed E-state index contributed by atoms with van der Waals surface area (Å²) in [6.07, 6.45) is 0. The van der Waals surface area contributed by atoms with Gasteiger partial charge in [-0.25, -0.2) is 0 Å². The van der Waals surface area contributed by atoms with Crippen LogP contribution in [-0.4, -0.2) is 6.79 Å². The second-order valence-corrected chi connectivity index (χ2v) is 6.16. The van der Waals surface area contributed by atoms with Gasteiger partial charge in [0.25, 0.3) is 0 Å². The van der Waals surface area contributed by atoms with Crippen LogP contribution in [0.15, 0.2) is 60.7 Å². The molecular weight excluding hydrogens is 342 g/mol. The summed E-state index contributed by atoms with van der Waals surface area (Å²) >= 11 is 0. The van der Waals surface area contributed by atoms with E-state index in [2.05, 4.69) is 6.07 Å². The highest BCUT2D eigenvalue weighted by molar-refractivity contribution is 5.50. The van der Waals surface area contributed by atoms with Gasteiger partial charge in [0.15, 0.2) is 11.5 Å². The van der Waals surface area contributed by atoms with E-state index in [9.17, 15) is 5.26 Å². The van der Waals surface area contributed by atoms with Gasteiger partial charge < -0.3 is 18.9 Å². The minimum atomic E-state index is 0.245. The Bertz CT molecular complexity index is 1020. The van der Waals surface area contributed by atoms with Crippen molar-refractivity contribution in [3.05, 3.63) is 77.4 Å². The Hall–Kier alpha value is -3.65. The van der Waals surface area contributed by atoms with Crippen LogP contribution >= 0.6 is 0 Å². The molecule has 1 aliphatic heterocycles. The van der Waals surface area contributed by atoms with E-state index < -0.39 is 0 Å². The van der Waals surface area contributed by atoms with Gasteiger partial charge in [0.05, 0.1) is 5.56 Å². The second kappa shape index (κ2) is 7.30. The van der Waals surface area contributed by atoms with Crippen LogP contribution in [0.25, 0.3) is 0 Å². The van der Waals surface area contributed by atoms with Crippen LogP contribution in [0.2, 0.25) is 0 Å². The van der Waals surface area contributed by atoms with Gasteiger partial charge in [-0.05, 0) is 54.4 Å². The largest absolute Gasteiger partial charge is 0.489 e. The van der Waals surface area contributed by atoms with Crippen molar-refractivity contribution in [2.75, 3.05) is 6.79 Å². The Morgan fingerprint density at radius 1 is 0.963 bits per heavy atom. The highest BCUT2D eigenvalue weighted by atomic mass is 16.7. The molecule has 0 spiro atoms. The topological polar surface area (TPSA) is 60.7 Å². The highest BCUT2D eigenvalue weighted by Crippen LogP contribution is 2.33. The Morgan fingerprint density at radius 2 is 1.85 bits per heavy atom. The summed E-state index contributed by atoms with van der Waals surface area (Å²) in [5.74, 6) is 3.23. The maximum atomic E-state index is 9.34. The number of nitriles is 1. The number of hydrogen-bond donors (Lipinski definition) is 0. The monoisotopic (exact) mass is 359 g/mol. The summed E-state index contributed by atoms with van der Waals surface area (Å²) in [5, 5.41) is 9.34. The standard InChI is InChI=1S/C22H17NO4/c1-15-3-2-4-19(9-15)27-21-11-18(7-6-17(21)12-23)24-13-16-5-8-20-22(10-16)26-14-25-20/h2-11H,13-14H2,1H3. The minimum absolute atomic E-state index is 0.245. The third kappa shape index (κ3) is 3.80. The Labute approximate surface area is 157 Å². The molecule has 0 saturated heterocycles. The first-order chi connectivity index (χ1) is 13.2. The lowest BCUT2D eigenvalue weighted by atomic mass is 10.2. The van der Waals surface area contributed by atoms with Gasteiger partial charge in [0.1, 0.15) is 29.9 Å². The molecule has 0 radical (unpaired) electrons. The van der Waals surface area contributed by atoms with Crippen molar-refractivity contribution in [1.82, 2.24) is 0 Å². The zero-order valence-corrected chi connectivity index (χ0v) is 14.8. The molecule has 0 atom stereocenters. The van der Waals surface area contributed by atoms with E-state index in [1.807, 2.05) is 49.4 Å². The second-order valence-electron chi connectivity index (χ2n) is 6.16. The molecule has 5 heteroatoms. The molecule has 5 nitrogen and oxygen atoms in total. The quantitative estimate of drug-likeness (QED) is 0.644. The third-order valence-electron chi connectivity index (χ3n) is 4.13. The lowest BCUT2D eigenvalue weighted by Gasteiger charge is -2.11. The molecule has 0 fully saturated rings. The lowest BCUT2D eigenvalue weighted by Crippen LogP contribution is -1.97. The fourth-order valence-corrected chi connectivity index (χ4v) is 2.77. The van der Waals surface area contributed by atoms with Crippen LogP contribution in [0, 0.1) is 18.3 Å². The van der Waals surface area contributed by atoms with Crippen molar-refractivity contribution in [2.45, 2.75) is 13.5 Å². The SMILES string of the molecule is Cc1cccc(Oc2cc(OCc3ccc4c(c3)OCO4)ccc2C#N)c1. The summed E-state index contributed by atoms with van der Waals surface area (Å²) < 4.78 is 22.5. The van der Waals surface area contributed by atoms with Gasteiger partial charge in [0, 0.05) is 6.07 Å². The smallest absolute Gasteiger partial charge is 0.231 e. The first kappa shape index (κ1) is 16.8. The van der Waals surface area contributed by atoms with Gasteiger partial charge in [-0.15, -0.1) is 0 Å². The lowest BCUT2D eigenvalue weighted by molar-refractivity contribution is 0.174. The number of hydrogen-bond acceptors (Lipinski definition) is 5. The molecule has 3 aromatic rings. The normalized spacial score (nSPS) is 11.7. The Morgan fingerprint density at radius 3 is 2.70 bits per heavy atom. The first-order valence-corrected chi connectivity index (χ1v) is 8.51. The van der Waals surface area contributed by atoms with Crippen LogP contribution in [0.1, 0.15) is 16.7 Å². The summed E-state index contributed by atoms with van der Waals surface area (Å²) in [6, 6.07) is 20.7. The summed E-state index contributed by atoms with van der Waals surface area (Å²) in [5.41, 5.74) is 2.50. The summed E-state index contributed by atoms with van der Waals surface area (Å²) in [7, 11) is 0. The van der Waals surface area contributed by atoms with Crippen LogP contribution < -0.4 is 18.9 Å². The fraction of sp³-hybridized carbons (Fsp3) is 0.136. The van der Waals surface area contributed by atoms with Gasteiger partial charge in [-0.2, -0.15) is 5.26 Å². The van der Waals surface area contributed by atoms with E-state index in [0.29, 0.717) is 29.4 Å². The number of fused-ring (bicyclic) bond motifs is 1. The molecule has 3 aromatic carbocycles. The fourth-order valence-electron chi connectivity index (χ4n) is 2.77. The predicted molar refractivity (Wildman–Crippen MR) is 99.3 cm³/mol. The van der Waals surface area contributed by atoms with Crippen LogP contribution in [-0.2, 0) is 6.61 Å². The first-order valence-electron chi connectivity index (χ1n) is 8.51. The van der Waals surface area contributed by atoms with Crippen molar-refractivity contribution in [3.63, 3.8) is 0 Å². The van der Waals surface area contributed by atoms with Crippen molar-refractivity contribution in [1.29, 1.82) is 5.26 Å². The number of rotatable bonds is 5. The van der Waals surface area contributed by atoms with Crippen molar-refractivity contribution in [3.8, 4) is 34.8 Å². The van der Waals surface area contributed by atoms with Gasteiger partial charge in [-0.3, -0.25) is 0 Å². The molecule has 4 rings (SSSR count). The van der Waals surface area contributed by atoms with Crippen LogP contribution in [0.5, 0.6) is 28.7 Å². The highest BCUT2D eigenvalue weighted by Gasteiger charge is 2.13. The Balaban J connectivity index is 1.51. The van der Waals surface area contributed by atoms with E-state index in [1.165, 1.54) is 0 Å². The van der Waals surface area contributed by atoms with Gasteiger partial charge in [0.2, 0.25) is 6.79 Å². The van der Waals surface area contributed by atoms with Crippen molar-refractivity contribution >= 4 is 0 Å². The Kier molecular flexibility index (Phi) is 4.54. The third-order valence-corrected chi connectivity index (χ3v) is 4.13. The number of ether oxygens (including phenoxy) is 4. The zero-order chi connectivity index (χ0) is 18.6. The minimum Gasteiger partial charge on any atom is -0.489 e. The number of nitrogens with zero attached hydrogens (tertiary/aromatic N) is 1. The molecule has 0 aliphatic carbocycles. The van der Waals surface area contributed by atoms with E-state index in [0.717, 1.165) is 22.6 Å². The molecule has 0 saturated carbocycles. The van der Waals surface area contributed by atoms with E-state index in [1.54, 1.807) is 18.2 Å². The van der Waals surface area contributed by atoms with Crippen molar-refractivity contribution < 1.29 is 18.9 Å². The van der Waals surface area contributed by atoms with Crippen LogP contribution in [0.3, 0.4) is 0 Å². The predicted octanol–water partition coefficient (Wildman–Crippen LogP) is 4.97. The molecule has 1 heterocycles. The average molecular weight is 359 g/mol. The maximum Gasteiger partial charge on any atom is 0.231 e. The molecule has 0 bridgehead atoms. The van der Waals surface area contributed by atoms with E-state index in [-0.39, 0.29) is 6.79 Å². The summed E-state index contributed by atoms with van der Waals surface area (Å²) in [6.45, 7) is 2.60. The van der Waals surface area contributed by atoms with Gasteiger partial charge >= 0.3 is 0 Å². The maximum absolute atomic E-state index is 9.34. The molecular formula is C22H17NO4.